The van der Waals surface area contributed by atoms with Crippen LogP contribution in [0.25, 0.3) is 0 Å². The van der Waals surface area contributed by atoms with Gasteiger partial charge in [0.15, 0.2) is 0 Å². The van der Waals surface area contributed by atoms with Gasteiger partial charge in [-0.2, -0.15) is 0 Å². The summed E-state index contributed by atoms with van der Waals surface area (Å²) >= 11 is -4.86. The Kier molecular flexibility index (Phi) is 3.39. The number of hydrogen-bond donors (Lipinski definition) is 3. The minimum atomic E-state index is -4.86. The molecule has 0 aliphatic rings. The van der Waals surface area contributed by atoms with Gasteiger partial charge in [-0.15, -0.1) is 0 Å². The third kappa shape index (κ3) is 3.19. The van der Waals surface area contributed by atoms with Crippen LogP contribution >= 0.6 is 0 Å². The molecule has 0 spiro atoms. The number of aliphatic hydroxyl groups is 1. The average Bonchev–Trinajstić information content (AvgIpc) is 2.01. The third-order valence-corrected chi connectivity index (χ3v) is 3.46. The van der Waals surface area contributed by atoms with Gasteiger partial charge in [-0.05, 0) is 0 Å². The quantitative estimate of drug-likeness (QED) is 0.478. The topological polar surface area (TPSA) is 87.0 Å². The summed E-state index contributed by atoms with van der Waals surface area (Å²) in [6.45, 7) is 1.41. The van der Waals surface area contributed by atoms with Crippen LogP contribution in [0.4, 0.5) is 0 Å². The van der Waals surface area contributed by atoms with Crippen molar-refractivity contribution in [3.05, 3.63) is 24.3 Å². The number of ether oxygens (including phenoxy) is 1. The van der Waals surface area contributed by atoms with Gasteiger partial charge in [0.25, 0.3) is 0 Å². The molecule has 0 radical (unpaired) electrons. The Morgan fingerprint density at radius 1 is 1.43 bits per heavy atom. The second kappa shape index (κ2) is 4.19. The molecule has 0 aromatic heterocycles. The maximum absolute atomic E-state index is 10.9. The molecule has 0 aliphatic carbocycles. The van der Waals surface area contributed by atoms with Gasteiger partial charge in [0, 0.05) is 0 Å². The second-order valence-electron chi connectivity index (χ2n) is 2.76. The van der Waals surface area contributed by atoms with Crippen molar-refractivity contribution in [1.82, 2.24) is 0 Å². The first kappa shape index (κ1) is 11.3. The fraction of sp³-hybridized carbons (Fsp3) is 0.250. The van der Waals surface area contributed by atoms with Crippen LogP contribution in [0.1, 0.15) is 6.92 Å². The van der Waals surface area contributed by atoms with Gasteiger partial charge in [0.05, 0.1) is 0 Å². The molecule has 5 nitrogen and oxygen atoms in total. The molecule has 1 aromatic carbocycles. The molecule has 0 saturated carbocycles. The summed E-state index contributed by atoms with van der Waals surface area (Å²) in [6.07, 6.45) is -1.01. The van der Waals surface area contributed by atoms with E-state index in [0.717, 1.165) is 0 Å². The number of hydrogen-bond acceptors (Lipinski definition) is 3. The molecular formula is C8H11AsO5. The van der Waals surface area contributed by atoms with E-state index in [0.29, 0.717) is 0 Å². The summed E-state index contributed by atoms with van der Waals surface area (Å²) < 4.78 is 33.5. The van der Waals surface area contributed by atoms with Crippen molar-refractivity contribution >= 4 is 18.5 Å². The summed E-state index contributed by atoms with van der Waals surface area (Å²) in [7, 11) is 0. The van der Waals surface area contributed by atoms with E-state index in [-0.39, 0.29) is 10.1 Å². The Hall–Kier alpha value is -0.742. The van der Waals surface area contributed by atoms with E-state index in [4.69, 9.17) is 18.0 Å². The van der Waals surface area contributed by atoms with Gasteiger partial charge < -0.3 is 0 Å². The monoisotopic (exact) mass is 262 g/mol. The summed E-state index contributed by atoms with van der Waals surface area (Å²) in [5, 5.41) is 8.89. The zero-order valence-electron chi connectivity index (χ0n) is 7.49. The van der Waals surface area contributed by atoms with Crippen LogP contribution in [0, 0.1) is 0 Å². The van der Waals surface area contributed by atoms with Crippen LogP contribution < -0.4 is 9.09 Å². The molecule has 1 rings (SSSR count). The number of benzene rings is 1. The molecule has 1 unspecified atom stereocenters. The van der Waals surface area contributed by atoms with Crippen LogP contribution in [0.15, 0.2) is 24.3 Å². The van der Waals surface area contributed by atoms with Gasteiger partial charge in [-0.25, -0.2) is 0 Å². The summed E-state index contributed by atoms with van der Waals surface area (Å²) in [5.41, 5.74) is 0. The normalized spacial score (nSPS) is 13.7. The first-order valence-electron chi connectivity index (χ1n) is 3.90. The standard InChI is InChI=1S/C8H11AsO5/c1-6(10)14-8-4-2-3-7(5-8)9(11,12)13/h2-6,10H,1H3,(H2,11,12,13). The molecule has 0 aliphatic heterocycles. The maximum atomic E-state index is 10.9. The van der Waals surface area contributed by atoms with E-state index in [1.54, 1.807) is 0 Å². The van der Waals surface area contributed by atoms with Crippen molar-refractivity contribution in [3.8, 4) is 5.75 Å². The number of rotatable bonds is 3. The van der Waals surface area contributed by atoms with Gasteiger partial charge in [-0.1, -0.05) is 0 Å². The van der Waals surface area contributed by atoms with E-state index in [9.17, 15) is 3.74 Å². The Morgan fingerprint density at radius 2 is 2.07 bits per heavy atom. The van der Waals surface area contributed by atoms with Crippen molar-refractivity contribution in [3.63, 3.8) is 0 Å². The minimum absolute atomic E-state index is 0.0683. The third-order valence-electron chi connectivity index (χ3n) is 1.46. The van der Waals surface area contributed by atoms with Gasteiger partial charge >= 0.3 is 83.5 Å². The van der Waals surface area contributed by atoms with Crippen LogP contribution in [0.3, 0.4) is 0 Å². The molecule has 78 valence electrons. The first-order valence-corrected chi connectivity index (χ1v) is 7.29. The molecule has 0 saturated heterocycles. The average molecular weight is 262 g/mol. The Balaban J connectivity index is 2.96. The predicted molar refractivity (Wildman–Crippen MR) is 49.3 cm³/mol. The molecule has 14 heavy (non-hydrogen) atoms. The van der Waals surface area contributed by atoms with Crippen LogP contribution in [0.5, 0.6) is 5.75 Å². The van der Waals surface area contributed by atoms with E-state index in [1.807, 2.05) is 0 Å². The fourth-order valence-corrected chi connectivity index (χ4v) is 2.14. The Bertz CT molecular complexity index is 357. The van der Waals surface area contributed by atoms with E-state index < -0.39 is 20.5 Å². The second-order valence-corrected chi connectivity index (χ2v) is 6.12. The van der Waals surface area contributed by atoms with E-state index in [1.165, 1.54) is 31.2 Å². The Morgan fingerprint density at radius 3 is 2.57 bits per heavy atom. The molecule has 1 aromatic rings. The first-order chi connectivity index (χ1) is 6.39. The molecule has 0 heterocycles. The number of aliphatic hydroxyl groups excluding tert-OH is 1. The van der Waals surface area contributed by atoms with Crippen molar-refractivity contribution in [2.24, 2.45) is 0 Å². The molecule has 6 heteroatoms. The van der Waals surface area contributed by atoms with Gasteiger partial charge in [0.2, 0.25) is 0 Å². The zero-order valence-corrected chi connectivity index (χ0v) is 9.37. The van der Waals surface area contributed by atoms with Gasteiger partial charge in [-0.3, -0.25) is 0 Å². The molecule has 3 N–H and O–H groups in total. The summed E-state index contributed by atoms with van der Waals surface area (Å²) in [4.78, 5) is 0. The van der Waals surface area contributed by atoms with E-state index in [2.05, 4.69) is 0 Å². The van der Waals surface area contributed by atoms with Crippen molar-refractivity contribution < 1.29 is 21.8 Å². The molecule has 0 amide bonds. The molecular weight excluding hydrogens is 251 g/mol. The van der Waals surface area contributed by atoms with Crippen molar-refractivity contribution in [1.29, 1.82) is 0 Å². The summed E-state index contributed by atoms with van der Waals surface area (Å²) in [6, 6.07) is 5.54. The van der Waals surface area contributed by atoms with Crippen LogP contribution in [-0.4, -0.2) is 33.8 Å². The van der Waals surface area contributed by atoms with Crippen molar-refractivity contribution in [2.45, 2.75) is 13.2 Å². The zero-order chi connectivity index (χ0) is 10.8. The van der Waals surface area contributed by atoms with Gasteiger partial charge in [0.1, 0.15) is 0 Å². The predicted octanol–water partition coefficient (Wildman–Crippen LogP) is -1.04. The molecule has 0 fully saturated rings. The van der Waals surface area contributed by atoms with E-state index >= 15 is 0 Å². The molecule has 1 atom stereocenters. The fourth-order valence-electron chi connectivity index (χ4n) is 0.935. The Labute approximate surface area is 84.0 Å². The molecule has 0 bridgehead atoms. The SMILES string of the molecule is CC(O)Oc1cccc([As](=O)(O)O)c1. The summed E-state index contributed by atoms with van der Waals surface area (Å²) in [5.74, 6) is 0.238. The van der Waals surface area contributed by atoms with Crippen LogP contribution in [0.2, 0.25) is 0 Å². The van der Waals surface area contributed by atoms with Crippen LogP contribution in [-0.2, 0) is 3.74 Å². The van der Waals surface area contributed by atoms with Crippen molar-refractivity contribution in [2.75, 3.05) is 0 Å².